The minimum absolute atomic E-state index is 0.258. The summed E-state index contributed by atoms with van der Waals surface area (Å²) in [5, 5.41) is 9.60. The molecule has 0 spiro atoms. The maximum absolute atomic E-state index is 13.0. The summed E-state index contributed by atoms with van der Waals surface area (Å²) >= 11 is 6.98. The number of methoxy groups -OCH3 is 1. The normalized spacial score (nSPS) is 14.2. The Balaban J connectivity index is 1.35. The molecule has 2 aromatic carbocycles. The van der Waals surface area contributed by atoms with Crippen LogP contribution in [0, 0.1) is 0 Å². The first-order chi connectivity index (χ1) is 18.7. The van der Waals surface area contributed by atoms with Crippen LogP contribution in [0.5, 0.6) is 5.75 Å². The number of thiocarbonyl (C=S) groups is 1. The van der Waals surface area contributed by atoms with Crippen molar-refractivity contribution in [3.05, 3.63) is 64.6 Å². The maximum atomic E-state index is 13.0. The average molecular weight is 579 g/mol. The molecular formula is C27H29F3N4O3S2. The second kappa shape index (κ2) is 13.2. The van der Waals surface area contributed by atoms with E-state index in [4.69, 9.17) is 17.0 Å². The lowest BCUT2D eigenvalue weighted by Crippen LogP contribution is -2.44. The van der Waals surface area contributed by atoms with Crippen LogP contribution in [0.3, 0.4) is 0 Å². The number of piperidine rings is 1. The van der Waals surface area contributed by atoms with E-state index in [1.165, 1.54) is 35.6 Å². The molecule has 0 saturated carbocycles. The Hall–Kier alpha value is -3.22. The number of thiazole rings is 1. The summed E-state index contributed by atoms with van der Waals surface area (Å²) in [7, 11) is 1.68. The molecule has 1 aliphatic rings. The van der Waals surface area contributed by atoms with E-state index in [9.17, 15) is 18.0 Å². The first kappa shape index (κ1) is 28.8. The second-order valence-electron chi connectivity index (χ2n) is 8.98. The summed E-state index contributed by atoms with van der Waals surface area (Å²) in [6.45, 7) is 3.11. The number of hydrogen-bond donors (Lipinski definition) is 2. The SMILES string of the molecule is COCCCNC(=S)N1CCC(c2nc(C(=O)Nc3ccccc3-c3ccc(OC(F)(F)F)cc3)cs2)CC1. The zero-order chi connectivity index (χ0) is 27.8. The average Bonchev–Trinajstić information content (AvgIpc) is 3.42. The molecule has 1 fully saturated rings. The van der Waals surface area contributed by atoms with Gasteiger partial charge in [-0.15, -0.1) is 24.5 Å². The molecule has 0 aliphatic carbocycles. The monoisotopic (exact) mass is 578 g/mol. The lowest BCUT2D eigenvalue weighted by atomic mass is 9.98. The Kier molecular flexibility index (Phi) is 9.76. The van der Waals surface area contributed by atoms with Crippen molar-refractivity contribution in [3.63, 3.8) is 0 Å². The van der Waals surface area contributed by atoms with E-state index < -0.39 is 6.36 Å². The van der Waals surface area contributed by atoms with Gasteiger partial charge in [0.15, 0.2) is 5.11 Å². The van der Waals surface area contributed by atoms with Gasteiger partial charge >= 0.3 is 6.36 Å². The van der Waals surface area contributed by atoms with Crippen LogP contribution in [-0.2, 0) is 4.74 Å². The molecule has 1 amide bonds. The minimum atomic E-state index is -4.76. The number of nitrogens with one attached hydrogen (secondary N) is 2. The van der Waals surface area contributed by atoms with E-state index in [0.717, 1.165) is 49.0 Å². The summed E-state index contributed by atoms with van der Waals surface area (Å²) in [6, 6.07) is 12.6. The lowest BCUT2D eigenvalue weighted by Gasteiger charge is -2.33. The van der Waals surface area contributed by atoms with E-state index in [0.29, 0.717) is 29.1 Å². The van der Waals surface area contributed by atoms with Crippen LogP contribution in [0.2, 0.25) is 0 Å². The molecule has 2 N–H and O–H groups in total. The van der Waals surface area contributed by atoms with Crippen LogP contribution in [0.4, 0.5) is 18.9 Å². The largest absolute Gasteiger partial charge is 0.573 e. The van der Waals surface area contributed by atoms with Gasteiger partial charge in [0, 0.05) is 55.9 Å². The zero-order valence-electron chi connectivity index (χ0n) is 21.3. The quantitative estimate of drug-likeness (QED) is 0.237. The van der Waals surface area contributed by atoms with Crippen molar-refractivity contribution in [1.29, 1.82) is 0 Å². The summed E-state index contributed by atoms with van der Waals surface area (Å²) in [6.07, 6.45) is -2.08. The van der Waals surface area contributed by atoms with Gasteiger partial charge in [-0.2, -0.15) is 0 Å². The molecule has 1 saturated heterocycles. The fourth-order valence-electron chi connectivity index (χ4n) is 4.30. The summed E-state index contributed by atoms with van der Waals surface area (Å²) < 4.78 is 46.4. The van der Waals surface area contributed by atoms with Crippen LogP contribution >= 0.6 is 23.6 Å². The van der Waals surface area contributed by atoms with Gasteiger partial charge in [-0.1, -0.05) is 30.3 Å². The van der Waals surface area contributed by atoms with Gasteiger partial charge in [0.25, 0.3) is 5.91 Å². The van der Waals surface area contributed by atoms with E-state index in [2.05, 4.69) is 25.3 Å². The number of amides is 1. The number of carbonyl (C=O) groups is 1. The van der Waals surface area contributed by atoms with Crippen LogP contribution in [0.25, 0.3) is 11.1 Å². The van der Waals surface area contributed by atoms with Gasteiger partial charge in [0.1, 0.15) is 11.4 Å². The molecular weight excluding hydrogens is 549 g/mol. The Morgan fingerprint density at radius 3 is 2.56 bits per heavy atom. The number of anilines is 1. The number of halogens is 3. The van der Waals surface area contributed by atoms with Gasteiger partial charge in [0.2, 0.25) is 0 Å². The molecule has 1 aliphatic heterocycles. The molecule has 2 heterocycles. The first-order valence-electron chi connectivity index (χ1n) is 12.5. The molecule has 39 heavy (non-hydrogen) atoms. The zero-order valence-corrected chi connectivity index (χ0v) is 22.9. The number of carbonyl (C=O) groups excluding carboxylic acids is 1. The number of rotatable bonds is 9. The van der Waals surface area contributed by atoms with E-state index in [1.54, 1.807) is 36.8 Å². The minimum Gasteiger partial charge on any atom is -0.406 e. The van der Waals surface area contributed by atoms with Gasteiger partial charge in [-0.05, 0) is 55.2 Å². The molecule has 208 valence electrons. The molecule has 0 atom stereocenters. The number of hydrogen-bond acceptors (Lipinski definition) is 6. The smallest absolute Gasteiger partial charge is 0.406 e. The first-order valence-corrected chi connectivity index (χ1v) is 13.8. The van der Waals surface area contributed by atoms with Crippen molar-refractivity contribution in [2.24, 2.45) is 0 Å². The molecule has 4 rings (SSSR count). The Labute approximate surface area is 234 Å². The van der Waals surface area contributed by atoms with Crippen molar-refractivity contribution in [2.75, 3.05) is 38.7 Å². The number of para-hydroxylation sites is 1. The van der Waals surface area contributed by atoms with Crippen LogP contribution < -0.4 is 15.4 Å². The predicted molar refractivity (Wildman–Crippen MR) is 149 cm³/mol. The highest BCUT2D eigenvalue weighted by molar-refractivity contribution is 7.80. The highest BCUT2D eigenvalue weighted by Gasteiger charge is 2.31. The Morgan fingerprint density at radius 2 is 1.87 bits per heavy atom. The molecule has 12 heteroatoms. The van der Waals surface area contributed by atoms with Crippen molar-refractivity contribution in [2.45, 2.75) is 31.5 Å². The van der Waals surface area contributed by atoms with Gasteiger partial charge < -0.3 is 25.0 Å². The third-order valence-corrected chi connectivity index (χ3v) is 7.67. The lowest BCUT2D eigenvalue weighted by molar-refractivity contribution is -0.274. The number of alkyl halides is 3. The molecule has 7 nitrogen and oxygen atoms in total. The maximum Gasteiger partial charge on any atom is 0.573 e. The number of benzene rings is 2. The predicted octanol–water partition coefficient (Wildman–Crippen LogP) is 6.05. The topological polar surface area (TPSA) is 75.7 Å². The molecule has 1 aromatic heterocycles. The van der Waals surface area contributed by atoms with E-state index in [1.807, 2.05) is 0 Å². The summed E-state index contributed by atoms with van der Waals surface area (Å²) in [4.78, 5) is 19.8. The van der Waals surface area contributed by atoms with Crippen molar-refractivity contribution < 1.29 is 27.4 Å². The highest BCUT2D eigenvalue weighted by atomic mass is 32.1. The standard InChI is InChI=1S/C27H29F3N4O3S2/c1-36-16-4-13-31-26(38)34-14-11-19(12-15-34)25-33-23(17-39-25)24(35)32-22-6-3-2-5-21(22)18-7-9-20(10-8-18)37-27(28,29)30/h2-3,5-10,17,19H,4,11-16H2,1H3,(H,31,38)(H,32,35). The number of likely N-dealkylation sites (tertiary alicyclic amines) is 1. The molecule has 0 radical (unpaired) electrons. The van der Waals surface area contributed by atoms with Gasteiger partial charge in [-0.25, -0.2) is 4.98 Å². The third-order valence-electron chi connectivity index (χ3n) is 6.26. The van der Waals surface area contributed by atoms with E-state index in [-0.39, 0.29) is 17.6 Å². The van der Waals surface area contributed by atoms with Crippen molar-refractivity contribution >= 4 is 40.3 Å². The number of ether oxygens (including phenoxy) is 2. The molecule has 3 aromatic rings. The second-order valence-corrected chi connectivity index (χ2v) is 10.3. The molecule has 0 bridgehead atoms. The van der Waals surface area contributed by atoms with Crippen LogP contribution in [-0.4, -0.2) is 60.6 Å². The fraction of sp³-hybridized carbons (Fsp3) is 0.370. The van der Waals surface area contributed by atoms with Crippen LogP contribution in [0.1, 0.15) is 40.7 Å². The Bertz CT molecular complexity index is 1260. The van der Waals surface area contributed by atoms with Crippen molar-refractivity contribution in [3.8, 4) is 16.9 Å². The number of nitrogens with zero attached hydrogens (tertiary/aromatic N) is 2. The van der Waals surface area contributed by atoms with E-state index >= 15 is 0 Å². The number of aromatic nitrogens is 1. The highest BCUT2D eigenvalue weighted by Crippen LogP contribution is 2.33. The van der Waals surface area contributed by atoms with Gasteiger partial charge in [-0.3, -0.25) is 4.79 Å². The van der Waals surface area contributed by atoms with Gasteiger partial charge in [0.05, 0.1) is 5.01 Å². The van der Waals surface area contributed by atoms with Crippen molar-refractivity contribution in [1.82, 2.24) is 15.2 Å². The van der Waals surface area contributed by atoms with Crippen LogP contribution in [0.15, 0.2) is 53.9 Å². The third kappa shape index (κ3) is 8.13. The summed E-state index contributed by atoms with van der Waals surface area (Å²) in [5.74, 6) is -0.400. The Morgan fingerprint density at radius 1 is 1.15 bits per heavy atom. The fourth-order valence-corrected chi connectivity index (χ4v) is 5.55. The molecule has 0 unspecified atom stereocenters. The summed E-state index contributed by atoms with van der Waals surface area (Å²) in [5.41, 5.74) is 2.16.